The second kappa shape index (κ2) is 8.91. The number of amides is 1. The van der Waals surface area contributed by atoms with Crippen molar-refractivity contribution in [2.24, 2.45) is 0 Å². The summed E-state index contributed by atoms with van der Waals surface area (Å²) in [4.78, 5) is 14.3. The normalized spacial score (nSPS) is 11.4. The predicted molar refractivity (Wildman–Crippen MR) is 110 cm³/mol. The Morgan fingerprint density at radius 3 is 2.19 bits per heavy atom. The van der Waals surface area contributed by atoms with Gasteiger partial charge in [-0.05, 0) is 47.9 Å². The van der Waals surface area contributed by atoms with Crippen molar-refractivity contribution in [2.75, 3.05) is 33.1 Å². The average Bonchev–Trinajstić information content (AvgIpc) is 2.61. The Morgan fingerprint density at radius 2 is 1.63 bits per heavy atom. The van der Waals surface area contributed by atoms with Crippen molar-refractivity contribution < 1.29 is 14.3 Å². The third-order valence-electron chi connectivity index (χ3n) is 4.35. The van der Waals surface area contributed by atoms with E-state index in [1.165, 1.54) is 5.56 Å². The van der Waals surface area contributed by atoms with Gasteiger partial charge in [0.25, 0.3) is 0 Å². The number of benzene rings is 2. The summed E-state index contributed by atoms with van der Waals surface area (Å²) in [6, 6.07) is 13.8. The van der Waals surface area contributed by atoms with Crippen molar-refractivity contribution in [2.45, 2.75) is 32.7 Å². The number of methoxy groups -OCH3 is 2. The molecule has 2 aromatic carbocycles. The molecule has 5 nitrogen and oxygen atoms in total. The minimum atomic E-state index is -0.0403. The van der Waals surface area contributed by atoms with Gasteiger partial charge in [0.05, 0.1) is 20.8 Å². The summed E-state index contributed by atoms with van der Waals surface area (Å²) < 4.78 is 10.6. The average molecular weight is 370 g/mol. The molecular formula is C22H30N2O3. The van der Waals surface area contributed by atoms with Gasteiger partial charge in [0, 0.05) is 12.2 Å². The SMILES string of the molecule is COc1ccc(CN(C)CC(=O)Nc2ccc(C(C)(C)C)cc2)cc1OC. The highest BCUT2D eigenvalue weighted by atomic mass is 16.5. The zero-order valence-corrected chi connectivity index (χ0v) is 17.1. The van der Waals surface area contributed by atoms with E-state index in [2.05, 4.69) is 38.2 Å². The van der Waals surface area contributed by atoms with Crippen molar-refractivity contribution in [1.29, 1.82) is 0 Å². The molecule has 27 heavy (non-hydrogen) atoms. The number of likely N-dealkylation sites (N-methyl/N-ethyl adjacent to an activating group) is 1. The molecule has 1 amide bonds. The van der Waals surface area contributed by atoms with E-state index in [0.29, 0.717) is 24.6 Å². The molecule has 0 saturated carbocycles. The molecule has 0 unspecified atom stereocenters. The first kappa shape index (κ1) is 20.8. The lowest BCUT2D eigenvalue weighted by atomic mass is 9.87. The highest BCUT2D eigenvalue weighted by molar-refractivity contribution is 5.92. The fourth-order valence-electron chi connectivity index (χ4n) is 2.85. The number of hydrogen-bond acceptors (Lipinski definition) is 4. The molecular weight excluding hydrogens is 340 g/mol. The van der Waals surface area contributed by atoms with Crippen LogP contribution >= 0.6 is 0 Å². The summed E-state index contributed by atoms with van der Waals surface area (Å²) in [6.07, 6.45) is 0. The monoisotopic (exact) mass is 370 g/mol. The number of anilines is 1. The molecule has 0 aromatic heterocycles. The maximum Gasteiger partial charge on any atom is 0.238 e. The summed E-state index contributed by atoms with van der Waals surface area (Å²) in [5, 5.41) is 2.95. The second-order valence-electron chi connectivity index (χ2n) is 7.74. The van der Waals surface area contributed by atoms with Crippen LogP contribution in [0.1, 0.15) is 31.9 Å². The first-order valence-corrected chi connectivity index (χ1v) is 9.03. The molecule has 0 aliphatic rings. The fraction of sp³-hybridized carbons (Fsp3) is 0.409. The molecule has 2 aromatic rings. The molecule has 2 rings (SSSR count). The number of rotatable bonds is 7. The first-order chi connectivity index (χ1) is 12.7. The number of hydrogen-bond donors (Lipinski definition) is 1. The van der Waals surface area contributed by atoms with Gasteiger partial charge in [0.1, 0.15) is 0 Å². The van der Waals surface area contributed by atoms with Crippen LogP contribution in [0.4, 0.5) is 5.69 Å². The van der Waals surface area contributed by atoms with Crippen molar-refractivity contribution in [3.05, 3.63) is 53.6 Å². The zero-order chi connectivity index (χ0) is 20.0. The van der Waals surface area contributed by atoms with E-state index in [-0.39, 0.29) is 11.3 Å². The quantitative estimate of drug-likeness (QED) is 0.798. The van der Waals surface area contributed by atoms with E-state index in [4.69, 9.17) is 9.47 Å². The Balaban J connectivity index is 1.92. The largest absolute Gasteiger partial charge is 0.493 e. The van der Waals surface area contributed by atoms with Crippen molar-refractivity contribution in [3.63, 3.8) is 0 Å². The van der Waals surface area contributed by atoms with Crippen LogP contribution in [0.5, 0.6) is 11.5 Å². The molecule has 0 fully saturated rings. The van der Waals surface area contributed by atoms with Gasteiger partial charge in [-0.2, -0.15) is 0 Å². The lowest BCUT2D eigenvalue weighted by molar-refractivity contribution is -0.117. The predicted octanol–water partition coefficient (Wildman–Crippen LogP) is 4.07. The number of nitrogens with one attached hydrogen (secondary N) is 1. The van der Waals surface area contributed by atoms with Gasteiger partial charge in [-0.3, -0.25) is 9.69 Å². The molecule has 0 atom stereocenters. The third-order valence-corrected chi connectivity index (χ3v) is 4.35. The van der Waals surface area contributed by atoms with Gasteiger partial charge in [0.15, 0.2) is 11.5 Å². The van der Waals surface area contributed by atoms with Crippen LogP contribution in [-0.4, -0.2) is 38.6 Å². The molecule has 1 N–H and O–H groups in total. The number of carbonyl (C=O) groups excluding carboxylic acids is 1. The van der Waals surface area contributed by atoms with Crippen molar-refractivity contribution in [1.82, 2.24) is 4.90 Å². The molecule has 5 heteroatoms. The topological polar surface area (TPSA) is 50.8 Å². The maximum atomic E-state index is 12.3. The molecule has 0 saturated heterocycles. The molecule has 0 aliphatic heterocycles. The molecule has 0 radical (unpaired) electrons. The van der Waals surface area contributed by atoms with Gasteiger partial charge in [-0.1, -0.05) is 39.0 Å². The number of nitrogens with zero attached hydrogens (tertiary/aromatic N) is 1. The van der Waals surface area contributed by atoms with Crippen LogP contribution in [0.25, 0.3) is 0 Å². The highest BCUT2D eigenvalue weighted by Gasteiger charge is 2.14. The molecule has 0 heterocycles. The van der Waals surface area contributed by atoms with Gasteiger partial charge in [-0.25, -0.2) is 0 Å². The van der Waals surface area contributed by atoms with Gasteiger partial charge in [0.2, 0.25) is 5.91 Å². The van der Waals surface area contributed by atoms with E-state index in [9.17, 15) is 4.79 Å². The lowest BCUT2D eigenvalue weighted by Gasteiger charge is -2.20. The Labute approximate surface area is 162 Å². The van der Waals surface area contributed by atoms with Crippen molar-refractivity contribution >= 4 is 11.6 Å². The Kier molecular flexibility index (Phi) is 6.86. The molecule has 0 spiro atoms. The zero-order valence-electron chi connectivity index (χ0n) is 17.1. The van der Waals surface area contributed by atoms with Crippen LogP contribution in [0.3, 0.4) is 0 Å². The lowest BCUT2D eigenvalue weighted by Crippen LogP contribution is -2.29. The number of ether oxygens (including phenoxy) is 2. The van der Waals surface area contributed by atoms with E-state index in [1.807, 2.05) is 42.3 Å². The summed E-state index contributed by atoms with van der Waals surface area (Å²) >= 11 is 0. The van der Waals surface area contributed by atoms with Crippen LogP contribution < -0.4 is 14.8 Å². The number of carbonyl (C=O) groups is 1. The van der Waals surface area contributed by atoms with Gasteiger partial charge >= 0.3 is 0 Å². The molecule has 0 aliphatic carbocycles. The maximum absolute atomic E-state index is 12.3. The highest BCUT2D eigenvalue weighted by Crippen LogP contribution is 2.28. The Hall–Kier alpha value is -2.53. The van der Waals surface area contributed by atoms with Crippen LogP contribution in [0, 0.1) is 0 Å². The Morgan fingerprint density at radius 1 is 1.00 bits per heavy atom. The van der Waals surface area contributed by atoms with Crippen molar-refractivity contribution in [3.8, 4) is 11.5 Å². The standard InChI is InChI=1S/C22H30N2O3/c1-22(2,3)17-8-10-18(11-9-17)23-21(25)15-24(4)14-16-7-12-19(26-5)20(13-16)27-6/h7-13H,14-15H2,1-6H3,(H,23,25). The molecule has 146 valence electrons. The molecule has 0 bridgehead atoms. The minimum Gasteiger partial charge on any atom is -0.493 e. The third kappa shape index (κ3) is 6.00. The minimum absolute atomic E-state index is 0.0403. The fourth-order valence-corrected chi connectivity index (χ4v) is 2.85. The van der Waals surface area contributed by atoms with Crippen LogP contribution in [0.2, 0.25) is 0 Å². The van der Waals surface area contributed by atoms with Gasteiger partial charge in [-0.15, -0.1) is 0 Å². The van der Waals surface area contributed by atoms with E-state index in [1.54, 1.807) is 14.2 Å². The Bertz CT molecular complexity index is 764. The smallest absolute Gasteiger partial charge is 0.238 e. The van der Waals surface area contributed by atoms with E-state index in [0.717, 1.165) is 11.3 Å². The second-order valence-corrected chi connectivity index (χ2v) is 7.74. The summed E-state index contributed by atoms with van der Waals surface area (Å²) in [6.45, 7) is 7.45. The van der Waals surface area contributed by atoms with E-state index >= 15 is 0 Å². The first-order valence-electron chi connectivity index (χ1n) is 9.03. The van der Waals surface area contributed by atoms with Crippen LogP contribution in [-0.2, 0) is 16.8 Å². The summed E-state index contributed by atoms with van der Waals surface area (Å²) in [7, 11) is 5.14. The van der Waals surface area contributed by atoms with Gasteiger partial charge < -0.3 is 14.8 Å². The van der Waals surface area contributed by atoms with E-state index < -0.39 is 0 Å². The summed E-state index contributed by atoms with van der Waals surface area (Å²) in [5.41, 5.74) is 3.21. The van der Waals surface area contributed by atoms with Crippen LogP contribution in [0.15, 0.2) is 42.5 Å². The summed E-state index contributed by atoms with van der Waals surface area (Å²) in [5.74, 6) is 1.34.